The lowest BCUT2D eigenvalue weighted by Gasteiger charge is -2.33. The Balaban J connectivity index is 2.57. The zero-order chi connectivity index (χ0) is 32.7. The second-order valence-corrected chi connectivity index (χ2v) is 12.0. The van der Waals surface area contributed by atoms with E-state index in [1.54, 1.807) is 28.0 Å². The minimum absolute atomic E-state index is 0.0835. The number of hydrogen-bond acceptors (Lipinski definition) is 7. The van der Waals surface area contributed by atoms with Crippen molar-refractivity contribution in [1.29, 1.82) is 0 Å². The van der Waals surface area contributed by atoms with E-state index in [1.165, 1.54) is 50.7 Å². The van der Waals surface area contributed by atoms with Crippen molar-refractivity contribution in [3.8, 4) is 0 Å². The third-order valence-corrected chi connectivity index (χ3v) is 8.37. The van der Waals surface area contributed by atoms with Gasteiger partial charge in [-0.25, -0.2) is 0 Å². The zero-order valence-corrected chi connectivity index (χ0v) is 27.9. The number of hydrogen-bond donors (Lipinski definition) is 2. The summed E-state index contributed by atoms with van der Waals surface area (Å²) in [5.74, 6) is -2.29. The molecule has 0 saturated carbocycles. The maximum Gasteiger partial charge on any atom is 0.257 e. The van der Waals surface area contributed by atoms with Crippen molar-refractivity contribution >= 4 is 23.6 Å². The first-order valence-electron chi connectivity index (χ1n) is 15.9. The number of amides is 4. The highest BCUT2D eigenvalue weighted by molar-refractivity contribution is 6.05. The van der Waals surface area contributed by atoms with E-state index in [1.807, 2.05) is 19.9 Å². The maximum atomic E-state index is 13.3. The fourth-order valence-corrected chi connectivity index (χ4v) is 5.27. The van der Waals surface area contributed by atoms with Crippen LogP contribution >= 0.6 is 0 Å². The van der Waals surface area contributed by atoms with Crippen LogP contribution in [0.15, 0.2) is 24.0 Å². The van der Waals surface area contributed by atoms with Crippen LogP contribution in [0, 0.1) is 11.8 Å². The molecule has 0 saturated heterocycles. The van der Waals surface area contributed by atoms with Gasteiger partial charge in [0.05, 0.1) is 37.3 Å². The molecule has 10 nitrogen and oxygen atoms in total. The summed E-state index contributed by atoms with van der Waals surface area (Å²) < 4.78 is 10.9. The van der Waals surface area contributed by atoms with Gasteiger partial charge in [-0.05, 0) is 39.0 Å². The van der Waals surface area contributed by atoms with Gasteiger partial charge in [-0.3, -0.25) is 24.1 Å². The van der Waals surface area contributed by atoms with E-state index < -0.39 is 47.9 Å². The fraction of sp³-hybridized carbons (Fsp3) is 0.758. The van der Waals surface area contributed by atoms with Crippen LogP contribution in [0.4, 0.5) is 0 Å². The number of rotatable bonds is 20. The molecule has 0 radical (unpaired) electrons. The molecule has 6 atom stereocenters. The Bertz CT molecular complexity index is 964. The molecule has 43 heavy (non-hydrogen) atoms. The molecule has 0 aliphatic carbocycles. The number of carbonyl (C=O) groups is 4. The highest BCUT2D eigenvalue weighted by atomic mass is 16.5. The molecule has 1 heterocycles. The van der Waals surface area contributed by atoms with Gasteiger partial charge in [0, 0.05) is 26.7 Å². The number of methoxy groups -OCH3 is 2. The SMILES string of the molecule is CCCCCCC[C@@H](C/C=C/CCC(=O)N(C)[C@@H](C)C(=O)N[C@@H](C)[C@@H](O)[C@@H](C)C(=O)N1C(=O)C=C(OC)[C@@H]1C(C)C)OC. The Hall–Kier alpha value is -2.72. The summed E-state index contributed by atoms with van der Waals surface area (Å²) in [7, 11) is 4.76. The molecule has 0 aromatic heterocycles. The average Bonchev–Trinajstić information content (AvgIpc) is 3.33. The molecule has 0 bridgehead atoms. The molecule has 2 N–H and O–H groups in total. The summed E-state index contributed by atoms with van der Waals surface area (Å²) in [5.41, 5.74) is 0. The summed E-state index contributed by atoms with van der Waals surface area (Å²) in [4.78, 5) is 54.0. The molecule has 0 fully saturated rings. The van der Waals surface area contributed by atoms with Crippen LogP contribution in [-0.4, -0.2) is 90.1 Å². The van der Waals surface area contributed by atoms with E-state index in [0.29, 0.717) is 12.2 Å². The van der Waals surface area contributed by atoms with E-state index in [9.17, 15) is 24.3 Å². The first-order chi connectivity index (χ1) is 20.3. The predicted octanol–water partition coefficient (Wildman–Crippen LogP) is 4.36. The zero-order valence-electron chi connectivity index (χ0n) is 27.9. The summed E-state index contributed by atoms with van der Waals surface area (Å²) in [6, 6.07) is -2.13. The van der Waals surface area contributed by atoms with E-state index in [4.69, 9.17) is 9.47 Å². The Morgan fingerprint density at radius 3 is 2.30 bits per heavy atom. The summed E-state index contributed by atoms with van der Waals surface area (Å²) >= 11 is 0. The van der Waals surface area contributed by atoms with Crippen LogP contribution in [0.25, 0.3) is 0 Å². The van der Waals surface area contributed by atoms with Crippen molar-refractivity contribution in [2.24, 2.45) is 11.8 Å². The molecule has 0 aromatic rings. The van der Waals surface area contributed by atoms with Crippen LogP contribution in [0.5, 0.6) is 0 Å². The number of ether oxygens (including phenoxy) is 2. The fourth-order valence-electron chi connectivity index (χ4n) is 5.27. The van der Waals surface area contributed by atoms with E-state index in [2.05, 4.69) is 18.3 Å². The number of nitrogens with zero attached hydrogens (tertiary/aromatic N) is 2. The van der Waals surface area contributed by atoms with Crippen LogP contribution in [-0.2, 0) is 28.7 Å². The van der Waals surface area contributed by atoms with Gasteiger partial charge in [-0.2, -0.15) is 0 Å². The lowest BCUT2D eigenvalue weighted by Crippen LogP contribution is -2.54. The van der Waals surface area contributed by atoms with Crippen LogP contribution in [0.1, 0.15) is 99.3 Å². The standard InChI is InChI=1S/C33H57N3O7/c1-10-11-12-13-15-18-26(42-8)19-16-14-17-20-28(37)35(7)25(6)32(40)34-24(5)31(39)23(4)33(41)36-29(38)21-27(43-9)30(36)22(2)3/h14,16,21-26,30-31,39H,10-13,15,17-20H2,1-9H3,(H,34,40)/b16-14+/t23-,24+,25+,26+,30+,31+/m1/s1. The molecule has 4 amide bonds. The minimum Gasteiger partial charge on any atom is -0.499 e. The Kier molecular flexibility index (Phi) is 17.4. The normalized spacial score (nSPS) is 18.8. The van der Waals surface area contributed by atoms with Crippen molar-refractivity contribution in [2.45, 2.75) is 130 Å². The van der Waals surface area contributed by atoms with Crippen LogP contribution in [0.3, 0.4) is 0 Å². The second-order valence-electron chi connectivity index (χ2n) is 12.0. The van der Waals surface area contributed by atoms with Gasteiger partial charge in [0.2, 0.25) is 17.7 Å². The molecule has 0 spiro atoms. The number of nitrogens with one attached hydrogen (secondary N) is 1. The molecule has 10 heteroatoms. The van der Waals surface area contributed by atoms with E-state index in [-0.39, 0.29) is 24.3 Å². The molecule has 1 rings (SSSR count). The van der Waals surface area contributed by atoms with Crippen molar-refractivity contribution in [3.63, 3.8) is 0 Å². The molecule has 0 aromatic carbocycles. The number of aliphatic hydroxyl groups is 1. The second kappa shape index (κ2) is 19.5. The third-order valence-electron chi connectivity index (χ3n) is 8.37. The number of aliphatic hydroxyl groups excluding tert-OH is 1. The van der Waals surface area contributed by atoms with Crippen molar-refractivity contribution in [1.82, 2.24) is 15.1 Å². The Morgan fingerprint density at radius 1 is 1.07 bits per heavy atom. The topological polar surface area (TPSA) is 125 Å². The van der Waals surface area contributed by atoms with E-state index in [0.717, 1.165) is 24.2 Å². The lowest BCUT2D eigenvalue weighted by molar-refractivity contribution is -0.150. The summed E-state index contributed by atoms with van der Waals surface area (Å²) in [5, 5.41) is 13.6. The Labute approximate surface area is 259 Å². The minimum atomic E-state index is -1.26. The largest absolute Gasteiger partial charge is 0.499 e. The highest BCUT2D eigenvalue weighted by Gasteiger charge is 2.43. The molecule has 1 aliphatic heterocycles. The number of allylic oxidation sites excluding steroid dienone is 1. The maximum absolute atomic E-state index is 13.3. The Morgan fingerprint density at radius 2 is 1.72 bits per heavy atom. The third kappa shape index (κ3) is 11.7. The molecule has 0 unspecified atom stereocenters. The summed E-state index contributed by atoms with van der Waals surface area (Å²) in [6.07, 6.45) is 13.1. The van der Waals surface area contributed by atoms with Crippen LogP contribution in [0.2, 0.25) is 0 Å². The lowest BCUT2D eigenvalue weighted by atomic mass is 9.95. The van der Waals surface area contributed by atoms with Gasteiger partial charge in [-0.15, -0.1) is 0 Å². The van der Waals surface area contributed by atoms with Gasteiger partial charge < -0.3 is 24.8 Å². The van der Waals surface area contributed by atoms with Crippen molar-refractivity contribution in [2.75, 3.05) is 21.3 Å². The van der Waals surface area contributed by atoms with Gasteiger partial charge >= 0.3 is 0 Å². The number of likely N-dealkylation sites (N-methyl/N-ethyl adjacent to an activating group) is 1. The van der Waals surface area contributed by atoms with Crippen molar-refractivity contribution < 1.29 is 33.8 Å². The quantitative estimate of drug-likeness (QED) is 0.156. The summed E-state index contributed by atoms with van der Waals surface area (Å²) in [6.45, 7) is 10.7. The highest BCUT2D eigenvalue weighted by Crippen LogP contribution is 2.29. The number of imide groups is 1. The number of unbranched alkanes of at least 4 members (excludes halogenated alkanes) is 4. The first kappa shape index (κ1) is 38.3. The van der Waals surface area contributed by atoms with Gasteiger partial charge in [-0.1, -0.05) is 72.0 Å². The number of carbonyl (C=O) groups excluding carboxylic acids is 4. The van der Waals surface area contributed by atoms with Gasteiger partial charge in [0.1, 0.15) is 11.8 Å². The van der Waals surface area contributed by atoms with E-state index >= 15 is 0 Å². The smallest absolute Gasteiger partial charge is 0.257 e. The molecule has 246 valence electrons. The molecular formula is C33H57N3O7. The monoisotopic (exact) mass is 607 g/mol. The van der Waals surface area contributed by atoms with Gasteiger partial charge in [0.25, 0.3) is 5.91 Å². The predicted molar refractivity (Wildman–Crippen MR) is 168 cm³/mol. The van der Waals surface area contributed by atoms with Gasteiger partial charge in [0.15, 0.2) is 0 Å². The molecule has 1 aliphatic rings. The molecular weight excluding hydrogens is 550 g/mol. The van der Waals surface area contributed by atoms with Crippen molar-refractivity contribution in [3.05, 3.63) is 24.0 Å². The first-order valence-corrected chi connectivity index (χ1v) is 15.9. The van der Waals surface area contributed by atoms with Crippen LogP contribution < -0.4 is 5.32 Å². The average molecular weight is 608 g/mol.